The molecule has 2 aromatic rings. The van der Waals surface area contributed by atoms with Crippen LogP contribution in [-0.4, -0.2) is 37.5 Å². The van der Waals surface area contributed by atoms with Crippen molar-refractivity contribution in [2.45, 2.75) is 31.1 Å². The van der Waals surface area contributed by atoms with E-state index >= 15 is 0 Å². The smallest absolute Gasteiger partial charge is 0.243 e. The van der Waals surface area contributed by atoms with Crippen LogP contribution in [0.1, 0.15) is 26.2 Å². The summed E-state index contributed by atoms with van der Waals surface area (Å²) in [5, 5.41) is 11.6. The molecule has 0 aliphatic carbocycles. The number of hydrogen-bond donors (Lipinski definition) is 1. The summed E-state index contributed by atoms with van der Waals surface area (Å²) in [6, 6.07) is 13.1. The third kappa shape index (κ3) is 3.01. The Hall–Kier alpha value is -1.43. The van der Waals surface area contributed by atoms with Gasteiger partial charge in [0.2, 0.25) is 10.0 Å². The highest BCUT2D eigenvalue weighted by Gasteiger charge is 2.36. The number of piperidine rings is 1. The van der Waals surface area contributed by atoms with Crippen LogP contribution in [0.15, 0.2) is 47.4 Å². The standard InChI is InChI=1S/C18H23NO3S/c1-2-18(14-20)9-11-19(12-10-18)23(21,22)17-8-7-15-5-3-4-6-16(15)13-17/h3-8,13,20H,2,9-12,14H2,1H3. The SMILES string of the molecule is CCC1(CO)CCN(S(=O)(=O)c2ccc3ccccc3c2)CC1. The molecule has 1 heterocycles. The molecular weight excluding hydrogens is 310 g/mol. The molecule has 2 aromatic carbocycles. The molecule has 0 spiro atoms. The summed E-state index contributed by atoms with van der Waals surface area (Å²) in [4.78, 5) is 0.351. The fourth-order valence-corrected chi connectivity index (χ4v) is 4.78. The second kappa shape index (κ2) is 6.23. The zero-order valence-electron chi connectivity index (χ0n) is 13.4. The number of benzene rings is 2. The maximum Gasteiger partial charge on any atom is 0.243 e. The molecule has 0 radical (unpaired) electrons. The van der Waals surface area contributed by atoms with Crippen molar-refractivity contribution in [1.82, 2.24) is 4.31 Å². The van der Waals surface area contributed by atoms with Crippen LogP contribution in [0.4, 0.5) is 0 Å². The predicted octanol–water partition coefficient (Wildman–Crippen LogP) is 3.01. The quantitative estimate of drug-likeness (QED) is 0.936. The zero-order chi connectivity index (χ0) is 16.5. The largest absolute Gasteiger partial charge is 0.396 e. The summed E-state index contributed by atoms with van der Waals surface area (Å²) in [6.45, 7) is 3.14. The molecule has 1 aliphatic heterocycles. The van der Waals surface area contributed by atoms with Crippen LogP contribution in [0.3, 0.4) is 0 Å². The lowest BCUT2D eigenvalue weighted by atomic mass is 9.77. The van der Waals surface area contributed by atoms with E-state index < -0.39 is 10.0 Å². The fraction of sp³-hybridized carbons (Fsp3) is 0.444. The molecule has 1 fully saturated rings. The number of aliphatic hydroxyl groups excluding tert-OH is 1. The van der Waals surface area contributed by atoms with Gasteiger partial charge in [-0.25, -0.2) is 8.42 Å². The maximum atomic E-state index is 12.9. The third-order valence-electron chi connectivity index (χ3n) is 5.23. The van der Waals surface area contributed by atoms with Crippen LogP contribution in [0, 0.1) is 5.41 Å². The fourth-order valence-electron chi connectivity index (χ4n) is 3.30. The van der Waals surface area contributed by atoms with Gasteiger partial charge in [-0.1, -0.05) is 37.3 Å². The van der Waals surface area contributed by atoms with Gasteiger partial charge in [0.05, 0.1) is 4.90 Å². The van der Waals surface area contributed by atoms with Gasteiger partial charge in [-0.3, -0.25) is 0 Å². The van der Waals surface area contributed by atoms with Crippen molar-refractivity contribution in [3.05, 3.63) is 42.5 Å². The van der Waals surface area contributed by atoms with Crippen molar-refractivity contribution < 1.29 is 13.5 Å². The highest BCUT2D eigenvalue weighted by molar-refractivity contribution is 7.89. The van der Waals surface area contributed by atoms with Gasteiger partial charge in [-0.15, -0.1) is 0 Å². The average molecular weight is 333 g/mol. The van der Waals surface area contributed by atoms with Gasteiger partial charge >= 0.3 is 0 Å². The van der Waals surface area contributed by atoms with Gasteiger partial charge in [0.1, 0.15) is 0 Å². The summed E-state index contributed by atoms with van der Waals surface area (Å²) in [7, 11) is -3.47. The number of sulfonamides is 1. The first-order chi connectivity index (χ1) is 11.0. The van der Waals surface area contributed by atoms with Crippen LogP contribution >= 0.6 is 0 Å². The van der Waals surface area contributed by atoms with E-state index in [1.165, 1.54) is 0 Å². The van der Waals surface area contributed by atoms with E-state index in [4.69, 9.17) is 0 Å². The highest BCUT2D eigenvalue weighted by atomic mass is 32.2. The Labute approximate surface area is 137 Å². The predicted molar refractivity (Wildman–Crippen MR) is 91.8 cm³/mol. The lowest BCUT2D eigenvalue weighted by Crippen LogP contribution is -2.44. The molecule has 0 bridgehead atoms. The summed E-state index contributed by atoms with van der Waals surface area (Å²) in [5.74, 6) is 0. The second-order valence-corrected chi connectivity index (χ2v) is 8.36. The minimum absolute atomic E-state index is 0.116. The molecule has 1 N–H and O–H groups in total. The Kier molecular flexibility index (Phi) is 4.45. The topological polar surface area (TPSA) is 57.6 Å². The van der Waals surface area contributed by atoms with Gasteiger partial charge in [-0.2, -0.15) is 4.31 Å². The summed E-state index contributed by atoms with van der Waals surface area (Å²) in [6.07, 6.45) is 2.31. The number of rotatable bonds is 4. The molecule has 3 rings (SSSR count). The molecule has 1 saturated heterocycles. The minimum atomic E-state index is -3.47. The number of fused-ring (bicyclic) bond motifs is 1. The molecule has 1 aliphatic rings. The van der Waals surface area contributed by atoms with Crippen LogP contribution in [0.2, 0.25) is 0 Å². The Bertz CT molecular complexity index is 787. The Morgan fingerprint density at radius 3 is 2.35 bits per heavy atom. The molecule has 23 heavy (non-hydrogen) atoms. The first-order valence-electron chi connectivity index (χ1n) is 8.11. The maximum absolute atomic E-state index is 12.9. The van der Waals surface area contributed by atoms with Crippen molar-refractivity contribution in [2.24, 2.45) is 5.41 Å². The highest BCUT2D eigenvalue weighted by Crippen LogP contribution is 2.36. The van der Waals surface area contributed by atoms with E-state index in [-0.39, 0.29) is 12.0 Å². The Morgan fingerprint density at radius 1 is 1.09 bits per heavy atom. The van der Waals surface area contributed by atoms with E-state index in [0.717, 1.165) is 17.2 Å². The van der Waals surface area contributed by atoms with Crippen molar-refractivity contribution in [3.63, 3.8) is 0 Å². The van der Waals surface area contributed by atoms with E-state index in [2.05, 4.69) is 6.92 Å². The van der Waals surface area contributed by atoms with Crippen LogP contribution in [-0.2, 0) is 10.0 Å². The molecule has 0 aromatic heterocycles. The van der Waals surface area contributed by atoms with Crippen molar-refractivity contribution in [2.75, 3.05) is 19.7 Å². The Balaban J connectivity index is 1.86. The second-order valence-electron chi connectivity index (χ2n) is 6.42. The van der Waals surface area contributed by atoms with Gasteiger partial charge in [0.15, 0.2) is 0 Å². The van der Waals surface area contributed by atoms with Gasteiger partial charge < -0.3 is 5.11 Å². The minimum Gasteiger partial charge on any atom is -0.396 e. The summed E-state index contributed by atoms with van der Waals surface area (Å²) < 4.78 is 27.3. The number of hydrogen-bond acceptors (Lipinski definition) is 3. The molecule has 0 atom stereocenters. The van der Waals surface area contributed by atoms with E-state index in [1.807, 2.05) is 30.3 Å². The molecule has 5 heteroatoms. The van der Waals surface area contributed by atoms with E-state index in [9.17, 15) is 13.5 Å². The van der Waals surface area contributed by atoms with Gasteiger partial charge in [0.25, 0.3) is 0 Å². The van der Waals surface area contributed by atoms with Gasteiger partial charge in [-0.05, 0) is 47.6 Å². The normalized spacial score (nSPS) is 19.0. The molecular formula is C18H23NO3S. The van der Waals surface area contributed by atoms with Crippen LogP contribution < -0.4 is 0 Å². The monoisotopic (exact) mass is 333 g/mol. The number of nitrogens with zero attached hydrogens (tertiary/aromatic N) is 1. The van der Waals surface area contributed by atoms with Crippen molar-refractivity contribution in [3.8, 4) is 0 Å². The van der Waals surface area contributed by atoms with Crippen molar-refractivity contribution >= 4 is 20.8 Å². The lowest BCUT2D eigenvalue weighted by Gasteiger charge is -2.39. The first-order valence-corrected chi connectivity index (χ1v) is 9.55. The molecule has 0 unspecified atom stereocenters. The van der Waals surface area contributed by atoms with E-state index in [1.54, 1.807) is 16.4 Å². The zero-order valence-corrected chi connectivity index (χ0v) is 14.2. The van der Waals surface area contributed by atoms with E-state index in [0.29, 0.717) is 30.8 Å². The average Bonchev–Trinajstić information content (AvgIpc) is 2.61. The lowest BCUT2D eigenvalue weighted by molar-refractivity contribution is 0.0647. The van der Waals surface area contributed by atoms with Crippen LogP contribution in [0.5, 0.6) is 0 Å². The number of aliphatic hydroxyl groups is 1. The van der Waals surface area contributed by atoms with Gasteiger partial charge in [0, 0.05) is 19.7 Å². The first kappa shape index (κ1) is 16.4. The summed E-state index contributed by atoms with van der Waals surface area (Å²) in [5.41, 5.74) is -0.116. The molecule has 0 saturated carbocycles. The third-order valence-corrected chi connectivity index (χ3v) is 7.12. The summed E-state index contributed by atoms with van der Waals surface area (Å²) >= 11 is 0. The molecule has 4 nitrogen and oxygen atoms in total. The Morgan fingerprint density at radius 2 is 1.74 bits per heavy atom. The molecule has 124 valence electrons. The molecule has 0 amide bonds. The van der Waals surface area contributed by atoms with Crippen molar-refractivity contribution in [1.29, 1.82) is 0 Å². The van der Waals surface area contributed by atoms with Crippen LogP contribution in [0.25, 0.3) is 10.8 Å².